The molecule has 0 radical (unpaired) electrons. The first-order valence-electron chi connectivity index (χ1n) is 7.77. The van der Waals surface area contributed by atoms with E-state index in [1.54, 1.807) is 19.9 Å². The zero-order valence-electron chi connectivity index (χ0n) is 13.5. The van der Waals surface area contributed by atoms with E-state index in [1.807, 2.05) is 0 Å². The third-order valence-electron chi connectivity index (χ3n) is 3.60. The molecule has 0 N–H and O–H groups in total. The molecule has 0 fully saturated rings. The predicted molar refractivity (Wildman–Crippen MR) is 81.2 cm³/mol. The lowest BCUT2D eigenvalue weighted by molar-refractivity contribution is -0.177. The second-order valence-corrected chi connectivity index (χ2v) is 5.45. The summed E-state index contributed by atoms with van der Waals surface area (Å²) in [4.78, 5) is 11.5. The number of esters is 1. The fourth-order valence-corrected chi connectivity index (χ4v) is 2.32. The summed E-state index contributed by atoms with van der Waals surface area (Å²) in [5, 5.41) is 0. The molecule has 6 heteroatoms. The van der Waals surface area contributed by atoms with Crippen molar-refractivity contribution in [3.05, 3.63) is 35.8 Å². The summed E-state index contributed by atoms with van der Waals surface area (Å²) in [5.74, 6) is -1.10. The van der Waals surface area contributed by atoms with Gasteiger partial charge in [-0.1, -0.05) is 19.1 Å². The number of hydrogen-bond acceptors (Lipinski definition) is 3. The molecule has 1 rings (SSSR count). The Hall–Kier alpha value is -1.72. The summed E-state index contributed by atoms with van der Waals surface area (Å²) in [6.07, 6.45) is -2.60. The van der Waals surface area contributed by atoms with Crippen molar-refractivity contribution >= 4 is 5.97 Å². The van der Waals surface area contributed by atoms with Crippen molar-refractivity contribution in [2.45, 2.75) is 52.1 Å². The van der Waals surface area contributed by atoms with Gasteiger partial charge in [0.1, 0.15) is 5.76 Å². The fraction of sp³-hybridized carbons (Fsp3) is 0.588. The van der Waals surface area contributed by atoms with E-state index in [0.717, 1.165) is 5.57 Å². The molecule has 1 aromatic heterocycles. The topological polar surface area (TPSA) is 39.4 Å². The number of carbonyl (C=O) groups excluding carboxylic acids is 1. The maximum atomic E-state index is 12.7. The molecule has 0 bridgehead atoms. The molecule has 0 aliphatic heterocycles. The van der Waals surface area contributed by atoms with E-state index in [9.17, 15) is 18.0 Å². The third-order valence-corrected chi connectivity index (χ3v) is 3.60. The van der Waals surface area contributed by atoms with Crippen molar-refractivity contribution in [2.24, 2.45) is 5.92 Å². The van der Waals surface area contributed by atoms with Gasteiger partial charge in [0.2, 0.25) is 5.76 Å². The van der Waals surface area contributed by atoms with Crippen LogP contribution in [0.2, 0.25) is 0 Å². The molecule has 0 aliphatic carbocycles. The lowest BCUT2D eigenvalue weighted by Crippen LogP contribution is -2.22. The summed E-state index contributed by atoms with van der Waals surface area (Å²) < 4.78 is 48.1. The lowest BCUT2D eigenvalue weighted by atomic mass is 9.96. The number of alkyl halides is 3. The van der Waals surface area contributed by atoms with Crippen LogP contribution in [0.1, 0.15) is 55.8 Å². The first-order chi connectivity index (χ1) is 10.8. The molecule has 1 unspecified atom stereocenters. The molecule has 1 aromatic rings. The van der Waals surface area contributed by atoms with Gasteiger partial charge in [-0.25, -0.2) is 4.79 Å². The van der Waals surface area contributed by atoms with Gasteiger partial charge in [-0.3, -0.25) is 0 Å². The van der Waals surface area contributed by atoms with Gasteiger partial charge in [0, 0.05) is 6.42 Å². The van der Waals surface area contributed by atoms with Gasteiger partial charge in [0.15, 0.2) is 0 Å². The van der Waals surface area contributed by atoms with Crippen molar-refractivity contribution in [1.82, 2.24) is 0 Å². The Balaban J connectivity index is 2.41. The number of ether oxygens (including phenoxy) is 1. The summed E-state index contributed by atoms with van der Waals surface area (Å²) in [5.41, 5.74) is 0.784. The highest BCUT2D eigenvalue weighted by atomic mass is 19.4. The van der Waals surface area contributed by atoms with Crippen LogP contribution in [-0.2, 0) is 11.2 Å². The Labute approximate surface area is 134 Å². The average molecular weight is 332 g/mol. The Morgan fingerprint density at radius 1 is 1.35 bits per heavy atom. The van der Waals surface area contributed by atoms with Gasteiger partial charge in [-0.2, -0.15) is 13.2 Å². The molecule has 0 aliphatic rings. The second kappa shape index (κ2) is 8.79. The molecular weight excluding hydrogens is 309 g/mol. The van der Waals surface area contributed by atoms with Crippen LogP contribution in [0.15, 0.2) is 28.7 Å². The largest absolute Gasteiger partial charge is 0.460 e. The molecule has 1 heterocycles. The minimum absolute atomic E-state index is 0.0943. The molecule has 0 aromatic carbocycles. The van der Waals surface area contributed by atoms with Gasteiger partial charge < -0.3 is 9.15 Å². The maximum Gasteiger partial charge on any atom is 0.391 e. The Kier molecular flexibility index (Phi) is 7.39. The number of halogens is 3. The quantitative estimate of drug-likeness (QED) is 0.454. The SMILES string of the molecule is C=C(CCCC(CC)C(F)(F)F)Cc1ccc(C(=O)OCC)o1. The van der Waals surface area contributed by atoms with Crippen molar-refractivity contribution in [3.63, 3.8) is 0 Å². The van der Waals surface area contributed by atoms with Crippen LogP contribution in [-0.4, -0.2) is 18.8 Å². The Morgan fingerprint density at radius 2 is 2.04 bits per heavy atom. The minimum atomic E-state index is -4.13. The van der Waals surface area contributed by atoms with E-state index in [1.165, 1.54) is 6.07 Å². The smallest absolute Gasteiger partial charge is 0.391 e. The number of allylic oxidation sites excluding steroid dienone is 1. The summed E-state index contributed by atoms with van der Waals surface area (Å²) in [6, 6.07) is 3.18. The van der Waals surface area contributed by atoms with E-state index in [2.05, 4.69) is 6.58 Å². The van der Waals surface area contributed by atoms with Crippen LogP contribution in [0.25, 0.3) is 0 Å². The second-order valence-electron chi connectivity index (χ2n) is 5.45. The van der Waals surface area contributed by atoms with Gasteiger partial charge in [0.25, 0.3) is 0 Å². The van der Waals surface area contributed by atoms with Crippen LogP contribution in [0, 0.1) is 5.92 Å². The fourth-order valence-electron chi connectivity index (χ4n) is 2.32. The van der Waals surface area contributed by atoms with Crippen LogP contribution >= 0.6 is 0 Å². The highest BCUT2D eigenvalue weighted by molar-refractivity contribution is 5.86. The number of carbonyl (C=O) groups is 1. The van der Waals surface area contributed by atoms with Crippen molar-refractivity contribution in [3.8, 4) is 0 Å². The maximum absolute atomic E-state index is 12.7. The van der Waals surface area contributed by atoms with E-state index in [4.69, 9.17) is 9.15 Å². The van der Waals surface area contributed by atoms with E-state index in [0.29, 0.717) is 25.0 Å². The molecule has 3 nitrogen and oxygen atoms in total. The van der Waals surface area contributed by atoms with Gasteiger partial charge in [-0.05, 0) is 44.7 Å². The zero-order valence-corrected chi connectivity index (χ0v) is 13.5. The predicted octanol–water partition coefficient (Wildman–Crippen LogP) is 5.31. The van der Waals surface area contributed by atoms with Crippen LogP contribution in [0.3, 0.4) is 0 Å². The van der Waals surface area contributed by atoms with E-state index >= 15 is 0 Å². The van der Waals surface area contributed by atoms with Crippen molar-refractivity contribution in [2.75, 3.05) is 6.61 Å². The van der Waals surface area contributed by atoms with Gasteiger partial charge >= 0.3 is 12.1 Å². The van der Waals surface area contributed by atoms with Crippen LogP contribution in [0.5, 0.6) is 0 Å². The van der Waals surface area contributed by atoms with Crippen molar-refractivity contribution in [1.29, 1.82) is 0 Å². The summed E-state index contributed by atoms with van der Waals surface area (Å²) in [7, 11) is 0. The zero-order chi connectivity index (χ0) is 17.5. The summed E-state index contributed by atoms with van der Waals surface area (Å²) in [6.45, 7) is 7.38. The Morgan fingerprint density at radius 3 is 2.61 bits per heavy atom. The summed E-state index contributed by atoms with van der Waals surface area (Å²) >= 11 is 0. The van der Waals surface area contributed by atoms with E-state index in [-0.39, 0.29) is 25.2 Å². The first-order valence-corrected chi connectivity index (χ1v) is 7.77. The lowest BCUT2D eigenvalue weighted by Gasteiger charge is -2.18. The molecule has 130 valence electrons. The van der Waals surface area contributed by atoms with Gasteiger partial charge in [0.05, 0.1) is 12.5 Å². The molecule has 23 heavy (non-hydrogen) atoms. The van der Waals surface area contributed by atoms with Crippen molar-refractivity contribution < 1.29 is 27.1 Å². The minimum Gasteiger partial charge on any atom is -0.460 e. The third kappa shape index (κ3) is 6.50. The highest BCUT2D eigenvalue weighted by Crippen LogP contribution is 2.33. The van der Waals surface area contributed by atoms with E-state index < -0.39 is 18.1 Å². The first kappa shape index (κ1) is 19.3. The van der Waals surface area contributed by atoms with Crippen LogP contribution < -0.4 is 0 Å². The standard InChI is InChI=1S/C17H23F3O3/c1-4-13(17(18,19)20)8-6-7-12(3)11-14-9-10-15(23-14)16(21)22-5-2/h9-10,13H,3-8,11H2,1-2H3. The molecular formula is C17H23F3O3. The molecule has 0 saturated carbocycles. The monoisotopic (exact) mass is 332 g/mol. The number of rotatable bonds is 9. The molecule has 0 spiro atoms. The molecule has 1 atom stereocenters. The average Bonchev–Trinajstić information content (AvgIpc) is 2.91. The Bertz CT molecular complexity index is 517. The normalized spacial score (nSPS) is 12.9. The number of hydrogen-bond donors (Lipinski definition) is 0. The van der Waals surface area contributed by atoms with Gasteiger partial charge in [-0.15, -0.1) is 0 Å². The molecule has 0 saturated heterocycles. The molecule has 0 amide bonds. The van der Waals surface area contributed by atoms with Crippen LogP contribution in [0.4, 0.5) is 13.2 Å². The highest BCUT2D eigenvalue weighted by Gasteiger charge is 2.37. The number of furan rings is 1.